The molecule has 0 unspecified atom stereocenters. The molecule has 0 aromatic rings. The van der Waals surface area contributed by atoms with Crippen molar-refractivity contribution in [3.63, 3.8) is 0 Å². The second-order valence-electron chi connectivity index (χ2n) is 4.48. The Hall–Kier alpha value is -0.780. The molecule has 0 atom stereocenters. The predicted octanol–water partition coefficient (Wildman–Crippen LogP) is 1.57. The van der Waals surface area contributed by atoms with Crippen LogP contribution in [0.25, 0.3) is 0 Å². The third-order valence-electron chi connectivity index (χ3n) is 3.12. The van der Waals surface area contributed by atoms with Crippen molar-refractivity contribution in [3.05, 3.63) is 0 Å². The topological polar surface area (TPSA) is 55.1 Å². The van der Waals surface area contributed by atoms with Gasteiger partial charge in [0, 0.05) is 6.54 Å². The van der Waals surface area contributed by atoms with Gasteiger partial charge in [-0.2, -0.15) is 13.2 Å². The van der Waals surface area contributed by atoms with Gasteiger partial charge in [-0.05, 0) is 24.8 Å². The number of rotatable bonds is 4. The zero-order valence-corrected chi connectivity index (χ0v) is 9.07. The second kappa shape index (κ2) is 5.03. The third kappa shape index (κ3) is 4.00. The highest BCUT2D eigenvalue weighted by Crippen LogP contribution is 2.36. The van der Waals surface area contributed by atoms with Gasteiger partial charge in [0.1, 0.15) is 6.42 Å². The molecule has 0 saturated heterocycles. The van der Waals surface area contributed by atoms with Crippen molar-refractivity contribution in [2.75, 3.05) is 13.1 Å². The van der Waals surface area contributed by atoms with E-state index in [1.54, 1.807) is 0 Å². The first kappa shape index (κ1) is 13.3. The zero-order chi connectivity index (χ0) is 12.2. The Morgan fingerprint density at radius 3 is 2.31 bits per heavy atom. The van der Waals surface area contributed by atoms with E-state index in [1.807, 2.05) is 0 Å². The number of alkyl halides is 3. The smallest absolute Gasteiger partial charge is 0.355 e. The van der Waals surface area contributed by atoms with Crippen LogP contribution in [-0.4, -0.2) is 25.2 Å². The molecule has 1 rings (SSSR count). The van der Waals surface area contributed by atoms with E-state index in [0.29, 0.717) is 6.54 Å². The minimum atomic E-state index is -4.43. The summed E-state index contributed by atoms with van der Waals surface area (Å²) < 4.78 is 35.7. The Kier molecular flexibility index (Phi) is 4.18. The van der Waals surface area contributed by atoms with Crippen LogP contribution in [0.15, 0.2) is 0 Å². The molecule has 3 N–H and O–H groups in total. The normalized spacial score (nSPS) is 19.8. The Morgan fingerprint density at radius 1 is 1.31 bits per heavy atom. The van der Waals surface area contributed by atoms with Crippen molar-refractivity contribution in [1.82, 2.24) is 5.32 Å². The summed E-state index contributed by atoms with van der Waals surface area (Å²) in [6.45, 7) is 0.678. The SMILES string of the molecule is NCC1(CNC(=O)CC(F)(F)F)CCCC1. The molecule has 3 nitrogen and oxygen atoms in total. The van der Waals surface area contributed by atoms with Crippen LogP contribution in [0.3, 0.4) is 0 Å². The molecular weight excluding hydrogens is 221 g/mol. The van der Waals surface area contributed by atoms with Crippen LogP contribution in [0.5, 0.6) is 0 Å². The van der Waals surface area contributed by atoms with Crippen molar-refractivity contribution < 1.29 is 18.0 Å². The van der Waals surface area contributed by atoms with Gasteiger partial charge in [-0.3, -0.25) is 4.79 Å². The van der Waals surface area contributed by atoms with Crippen LogP contribution in [0.1, 0.15) is 32.1 Å². The number of hydrogen-bond acceptors (Lipinski definition) is 2. The molecule has 1 saturated carbocycles. The van der Waals surface area contributed by atoms with Crippen LogP contribution >= 0.6 is 0 Å². The van der Waals surface area contributed by atoms with Crippen LogP contribution in [0.2, 0.25) is 0 Å². The molecule has 0 spiro atoms. The lowest BCUT2D eigenvalue weighted by atomic mass is 9.86. The second-order valence-corrected chi connectivity index (χ2v) is 4.48. The van der Waals surface area contributed by atoms with Gasteiger partial charge >= 0.3 is 6.18 Å². The number of amides is 1. The summed E-state index contributed by atoms with van der Waals surface area (Å²) in [5, 5.41) is 2.33. The number of nitrogens with two attached hydrogens (primary N) is 1. The van der Waals surface area contributed by atoms with E-state index in [9.17, 15) is 18.0 Å². The van der Waals surface area contributed by atoms with Gasteiger partial charge in [0.2, 0.25) is 5.91 Å². The molecule has 0 aromatic carbocycles. The zero-order valence-electron chi connectivity index (χ0n) is 9.07. The Morgan fingerprint density at radius 2 is 1.88 bits per heavy atom. The lowest BCUT2D eigenvalue weighted by molar-refractivity contribution is -0.154. The van der Waals surface area contributed by atoms with Crippen molar-refractivity contribution in [2.45, 2.75) is 38.3 Å². The monoisotopic (exact) mass is 238 g/mol. The Labute approximate surface area is 92.6 Å². The molecule has 0 bridgehead atoms. The molecule has 0 aliphatic heterocycles. The van der Waals surface area contributed by atoms with Crippen LogP contribution in [-0.2, 0) is 4.79 Å². The summed E-state index contributed by atoms with van der Waals surface area (Å²) in [6, 6.07) is 0. The fourth-order valence-electron chi connectivity index (χ4n) is 2.11. The molecule has 94 valence electrons. The molecule has 0 aromatic heterocycles. The quantitative estimate of drug-likeness (QED) is 0.781. The first-order valence-electron chi connectivity index (χ1n) is 5.40. The lowest BCUT2D eigenvalue weighted by Gasteiger charge is -2.27. The molecule has 1 aliphatic rings. The summed E-state index contributed by atoms with van der Waals surface area (Å²) in [7, 11) is 0. The summed E-state index contributed by atoms with van der Waals surface area (Å²) in [5.41, 5.74) is 5.43. The molecule has 1 amide bonds. The largest absolute Gasteiger partial charge is 0.397 e. The lowest BCUT2D eigenvalue weighted by Crippen LogP contribution is -2.41. The molecule has 6 heteroatoms. The number of hydrogen-bond donors (Lipinski definition) is 2. The minimum absolute atomic E-state index is 0.179. The van der Waals surface area contributed by atoms with Gasteiger partial charge in [-0.15, -0.1) is 0 Å². The maximum atomic E-state index is 11.9. The van der Waals surface area contributed by atoms with E-state index >= 15 is 0 Å². The average molecular weight is 238 g/mol. The van der Waals surface area contributed by atoms with Gasteiger partial charge < -0.3 is 11.1 Å². The van der Waals surface area contributed by atoms with Crippen molar-refractivity contribution in [2.24, 2.45) is 11.1 Å². The van der Waals surface area contributed by atoms with Crippen LogP contribution in [0.4, 0.5) is 13.2 Å². The van der Waals surface area contributed by atoms with Gasteiger partial charge in [-0.1, -0.05) is 12.8 Å². The van der Waals surface area contributed by atoms with Crippen molar-refractivity contribution >= 4 is 5.91 Å². The van der Waals surface area contributed by atoms with E-state index < -0.39 is 18.5 Å². The molecule has 0 radical (unpaired) electrons. The van der Waals surface area contributed by atoms with Gasteiger partial charge in [0.15, 0.2) is 0 Å². The van der Waals surface area contributed by atoms with Crippen molar-refractivity contribution in [3.8, 4) is 0 Å². The molecular formula is C10H17F3N2O. The van der Waals surface area contributed by atoms with E-state index in [1.165, 1.54) is 0 Å². The maximum absolute atomic E-state index is 11.9. The minimum Gasteiger partial charge on any atom is -0.355 e. The fraction of sp³-hybridized carbons (Fsp3) is 0.900. The molecule has 1 aliphatic carbocycles. The first-order valence-corrected chi connectivity index (χ1v) is 5.40. The van der Waals surface area contributed by atoms with E-state index in [0.717, 1.165) is 25.7 Å². The highest BCUT2D eigenvalue weighted by atomic mass is 19.4. The number of nitrogens with one attached hydrogen (secondary N) is 1. The third-order valence-corrected chi connectivity index (χ3v) is 3.12. The van der Waals surface area contributed by atoms with Gasteiger partial charge in [-0.25, -0.2) is 0 Å². The molecule has 0 heterocycles. The van der Waals surface area contributed by atoms with E-state index in [4.69, 9.17) is 5.73 Å². The maximum Gasteiger partial charge on any atom is 0.397 e. The number of carbonyl (C=O) groups is 1. The Balaban J connectivity index is 2.35. The van der Waals surface area contributed by atoms with Crippen LogP contribution < -0.4 is 11.1 Å². The summed E-state index contributed by atoms with van der Waals surface area (Å²) in [6.07, 6.45) is -2.01. The number of halogens is 3. The molecule has 16 heavy (non-hydrogen) atoms. The fourth-order valence-corrected chi connectivity index (χ4v) is 2.11. The molecule has 1 fully saturated rings. The summed E-state index contributed by atoms with van der Waals surface area (Å²) >= 11 is 0. The van der Waals surface area contributed by atoms with Gasteiger partial charge in [0.25, 0.3) is 0 Å². The highest BCUT2D eigenvalue weighted by Gasteiger charge is 2.35. The van der Waals surface area contributed by atoms with E-state index in [2.05, 4.69) is 5.32 Å². The Bertz CT molecular complexity index is 247. The summed E-state index contributed by atoms with van der Waals surface area (Å²) in [5.74, 6) is -0.966. The van der Waals surface area contributed by atoms with E-state index in [-0.39, 0.29) is 12.0 Å². The average Bonchev–Trinajstić information content (AvgIpc) is 2.61. The number of carbonyl (C=O) groups excluding carboxylic acids is 1. The van der Waals surface area contributed by atoms with Crippen LogP contribution in [0, 0.1) is 5.41 Å². The highest BCUT2D eigenvalue weighted by molar-refractivity contribution is 5.76. The standard InChI is InChI=1S/C10H17F3N2O/c11-10(12,13)5-8(16)15-7-9(6-14)3-1-2-4-9/h1-7,14H2,(H,15,16). The first-order chi connectivity index (χ1) is 7.37. The van der Waals surface area contributed by atoms with Gasteiger partial charge in [0.05, 0.1) is 0 Å². The summed E-state index contributed by atoms with van der Waals surface area (Å²) in [4.78, 5) is 11.0. The predicted molar refractivity (Wildman–Crippen MR) is 53.6 cm³/mol. The van der Waals surface area contributed by atoms with Crippen molar-refractivity contribution in [1.29, 1.82) is 0 Å².